The second-order valence-corrected chi connectivity index (χ2v) is 4.49. The fraction of sp³-hybridized carbons (Fsp3) is 0.222. The van der Waals surface area contributed by atoms with Gasteiger partial charge in [-0.3, -0.25) is 4.79 Å². The van der Waals surface area contributed by atoms with E-state index < -0.39 is 17.5 Å². The molecular formula is C9H5Br2F3O. The lowest BCUT2D eigenvalue weighted by Gasteiger charge is -2.12. The number of hydrogen-bond donors (Lipinski definition) is 0. The van der Waals surface area contributed by atoms with Crippen LogP contribution in [0.4, 0.5) is 13.2 Å². The molecule has 0 aliphatic rings. The normalized spacial score (nSPS) is 11.6. The summed E-state index contributed by atoms with van der Waals surface area (Å²) in [5.74, 6) is -0.431. The molecule has 0 aliphatic heterocycles. The highest BCUT2D eigenvalue weighted by atomic mass is 79.9. The summed E-state index contributed by atoms with van der Waals surface area (Å²) < 4.78 is 37.5. The van der Waals surface area contributed by atoms with Crippen LogP contribution in [0.3, 0.4) is 0 Å². The van der Waals surface area contributed by atoms with E-state index in [0.717, 1.165) is 6.07 Å². The minimum absolute atomic E-state index is 0.00447. The number of ketones is 1. The minimum Gasteiger partial charge on any atom is -0.294 e. The van der Waals surface area contributed by atoms with Crippen molar-refractivity contribution < 1.29 is 18.0 Å². The average molecular weight is 346 g/mol. The number of Topliss-reactive ketones (excluding diaryl/α,β-unsaturated/α-hetero) is 1. The average Bonchev–Trinajstić information content (AvgIpc) is 2.00. The van der Waals surface area contributed by atoms with Crippen molar-refractivity contribution in [1.29, 1.82) is 0 Å². The highest BCUT2D eigenvalue weighted by Gasteiger charge is 2.34. The quantitative estimate of drug-likeness (QED) is 0.688. The van der Waals surface area contributed by atoms with E-state index in [0.29, 0.717) is 4.47 Å². The molecule has 0 spiro atoms. The molecule has 6 heteroatoms. The van der Waals surface area contributed by atoms with Gasteiger partial charge in [0.25, 0.3) is 0 Å². The van der Waals surface area contributed by atoms with Crippen molar-refractivity contribution in [3.8, 4) is 0 Å². The maximum Gasteiger partial charge on any atom is 0.417 e. The van der Waals surface area contributed by atoms with Gasteiger partial charge in [0.2, 0.25) is 0 Å². The summed E-state index contributed by atoms with van der Waals surface area (Å²) in [5, 5.41) is 0. The minimum atomic E-state index is -4.47. The zero-order valence-corrected chi connectivity index (χ0v) is 10.6. The van der Waals surface area contributed by atoms with Crippen LogP contribution < -0.4 is 0 Å². The van der Waals surface area contributed by atoms with Crippen molar-refractivity contribution in [2.24, 2.45) is 0 Å². The molecule has 0 amide bonds. The number of benzene rings is 1. The second kappa shape index (κ2) is 4.25. The lowest BCUT2D eigenvalue weighted by molar-refractivity contribution is -0.138. The van der Waals surface area contributed by atoms with Crippen LogP contribution in [0, 0.1) is 0 Å². The Morgan fingerprint density at radius 2 is 1.80 bits per heavy atom. The van der Waals surface area contributed by atoms with Crippen LogP contribution in [0.15, 0.2) is 21.1 Å². The number of carbonyl (C=O) groups excluding carboxylic acids is 1. The van der Waals surface area contributed by atoms with E-state index in [-0.39, 0.29) is 10.0 Å². The summed E-state index contributed by atoms with van der Waals surface area (Å²) in [7, 11) is 0. The first-order valence-corrected chi connectivity index (χ1v) is 5.40. The number of hydrogen-bond acceptors (Lipinski definition) is 1. The molecule has 0 bridgehead atoms. The molecule has 1 rings (SSSR count). The Balaban J connectivity index is 3.49. The maximum absolute atomic E-state index is 12.5. The van der Waals surface area contributed by atoms with Crippen LogP contribution in [0.1, 0.15) is 22.8 Å². The highest BCUT2D eigenvalue weighted by Crippen LogP contribution is 2.39. The van der Waals surface area contributed by atoms with Gasteiger partial charge in [0.15, 0.2) is 5.78 Å². The third-order valence-corrected chi connectivity index (χ3v) is 3.23. The molecule has 0 N–H and O–H groups in total. The van der Waals surface area contributed by atoms with Gasteiger partial charge < -0.3 is 0 Å². The smallest absolute Gasteiger partial charge is 0.294 e. The van der Waals surface area contributed by atoms with E-state index in [9.17, 15) is 18.0 Å². The molecule has 0 radical (unpaired) electrons. The molecular weight excluding hydrogens is 341 g/mol. The Morgan fingerprint density at radius 3 is 2.20 bits per heavy atom. The molecule has 1 aromatic rings. The summed E-state index contributed by atoms with van der Waals surface area (Å²) in [6.45, 7) is 1.21. The Morgan fingerprint density at radius 1 is 1.27 bits per heavy atom. The molecule has 15 heavy (non-hydrogen) atoms. The van der Waals surface area contributed by atoms with Crippen molar-refractivity contribution in [1.82, 2.24) is 0 Å². The monoisotopic (exact) mass is 344 g/mol. The predicted molar refractivity (Wildman–Crippen MR) is 56.8 cm³/mol. The van der Waals surface area contributed by atoms with Crippen LogP contribution in [0.2, 0.25) is 0 Å². The van der Waals surface area contributed by atoms with Crippen molar-refractivity contribution in [3.63, 3.8) is 0 Å². The standard InChI is InChI=1S/C9H5Br2F3O/c1-4(15)7-6(10)3-2-5(8(7)11)9(12,13)14/h2-3H,1H3. The van der Waals surface area contributed by atoms with Crippen LogP contribution >= 0.6 is 31.9 Å². The van der Waals surface area contributed by atoms with Crippen LogP contribution in [-0.4, -0.2) is 5.78 Å². The van der Waals surface area contributed by atoms with E-state index in [2.05, 4.69) is 31.9 Å². The molecule has 0 unspecified atom stereocenters. The summed E-state index contributed by atoms with van der Waals surface area (Å²) >= 11 is 5.83. The van der Waals surface area contributed by atoms with Crippen LogP contribution in [0.5, 0.6) is 0 Å². The van der Waals surface area contributed by atoms with Crippen molar-refractivity contribution in [2.75, 3.05) is 0 Å². The van der Waals surface area contributed by atoms with E-state index in [1.165, 1.54) is 13.0 Å². The summed E-state index contributed by atoms with van der Waals surface area (Å²) in [5.41, 5.74) is -0.847. The largest absolute Gasteiger partial charge is 0.417 e. The molecule has 0 saturated carbocycles. The lowest BCUT2D eigenvalue weighted by Crippen LogP contribution is -2.09. The fourth-order valence-corrected chi connectivity index (χ4v) is 2.82. The third kappa shape index (κ3) is 2.60. The molecule has 0 heterocycles. The first kappa shape index (κ1) is 12.7. The van der Waals surface area contributed by atoms with Crippen molar-refractivity contribution in [2.45, 2.75) is 13.1 Å². The maximum atomic E-state index is 12.5. The number of halogens is 5. The van der Waals surface area contributed by atoms with Gasteiger partial charge in [0.1, 0.15) is 0 Å². The lowest BCUT2D eigenvalue weighted by atomic mass is 10.1. The topological polar surface area (TPSA) is 17.1 Å². The molecule has 0 fully saturated rings. The second-order valence-electron chi connectivity index (χ2n) is 2.84. The molecule has 0 aliphatic carbocycles. The fourth-order valence-electron chi connectivity index (χ4n) is 1.09. The Bertz CT molecular complexity index is 413. The predicted octanol–water partition coefficient (Wildman–Crippen LogP) is 4.43. The Hall–Kier alpha value is -0.360. The number of carbonyl (C=O) groups is 1. The molecule has 0 aromatic heterocycles. The van der Waals surface area contributed by atoms with E-state index in [1.54, 1.807) is 0 Å². The van der Waals surface area contributed by atoms with E-state index in [1.807, 2.05) is 0 Å². The van der Waals surface area contributed by atoms with Gasteiger partial charge in [0, 0.05) is 14.5 Å². The van der Waals surface area contributed by atoms with Gasteiger partial charge in [-0.25, -0.2) is 0 Å². The van der Waals surface area contributed by atoms with E-state index >= 15 is 0 Å². The Kier molecular flexibility index (Phi) is 3.60. The third-order valence-electron chi connectivity index (χ3n) is 1.75. The highest BCUT2D eigenvalue weighted by molar-refractivity contribution is 9.11. The molecule has 1 nitrogen and oxygen atoms in total. The number of rotatable bonds is 1. The van der Waals surface area contributed by atoms with Gasteiger partial charge in [-0.05, 0) is 35.0 Å². The molecule has 0 atom stereocenters. The van der Waals surface area contributed by atoms with Crippen LogP contribution in [0.25, 0.3) is 0 Å². The SMILES string of the molecule is CC(=O)c1c(Br)ccc(C(F)(F)F)c1Br. The molecule has 0 saturated heterocycles. The van der Waals surface area contributed by atoms with Gasteiger partial charge >= 0.3 is 6.18 Å². The van der Waals surface area contributed by atoms with Crippen molar-refractivity contribution in [3.05, 3.63) is 32.2 Å². The summed E-state index contributed by atoms with van der Waals surface area (Å²) in [6, 6.07) is 2.13. The first-order valence-electron chi connectivity index (χ1n) is 3.81. The summed E-state index contributed by atoms with van der Waals surface area (Å²) in [6.07, 6.45) is -4.47. The zero-order chi connectivity index (χ0) is 11.8. The van der Waals surface area contributed by atoms with Crippen LogP contribution in [-0.2, 0) is 6.18 Å². The Labute approximate surface area is 101 Å². The molecule has 82 valence electrons. The number of alkyl halides is 3. The van der Waals surface area contributed by atoms with Gasteiger partial charge in [0.05, 0.1) is 5.56 Å². The summed E-state index contributed by atoms with van der Waals surface area (Å²) in [4.78, 5) is 11.1. The zero-order valence-electron chi connectivity index (χ0n) is 7.45. The first-order chi connectivity index (χ1) is 6.75. The van der Waals surface area contributed by atoms with Gasteiger partial charge in [-0.2, -0.15) is 13.2 Å². The van der Waals surface area contributed by atoms with Gasteiger partial charge in [-0.1, -0.05) is 15.9 Å². The van der Waals surface area contributed by atoms with Gasteiger partial charge in [-0.15, -0.1) is 0 Å². The van der Waals surface area contributed by atoms with E-state index in [4.69, 9.17) is 0 Å². The molecule has 1 aromatic carbocycles. The van der Waals surface area contributed by atoms with Crippen molar-refractivity contribution >= 4 is 37.6 Å².